The molecule has 0 aromatic carbocycles. The molecule has 1 aliphatic heterocycles. The van der Waals surface area contributed by atoms with E-state index in [2.05, 4.69) is 30.4 Å². The number of hydrogen-bond acceptors (Lipinski definition) is 8. The minimum absolute atomic E-state index is 0.354. The molecule has 5 heterocycles. The summed E-state index contributed by atoms with van der Waals surface area (Å²) in [5.41, 5.74) is 0.771. The molecule has 0 N–H and O–H groups in total. The van der Waals surface area contributed by atoms with Gasteiger partial charge in [0.15, 0.2) is 17.3 Å². The number of likely N-dealkylation sites (tertiary alicyclic amines) is 1. The SMILES string of the molecule is Cc1nnc(CN2CCC(c3nnc4ccc(-n5cccn5)nn34)CC2)s1. The molecule has 4 aromatic heterocycles. The van der Waals surface area contributed by atoms with Gasteiger partial charge in [0.25, 0.3) is 0 Å². The molecular formula is C17H19N9S. The Morgan fingerprint density at radius 2 is 2.00 bits per heavy atom. The summed E-state index contributed by atoms with van der Waals surface area (Å²) in [5.74, 6) is 2.05. The van der Waals surface area contributed by atoms with Crippen LogP contribution in [0.25, 0.3) is 11.5 Å². The molecule has 0 amide bonds. The van der Waals surface area contributed by atoms with Gasteiger partial charge >= 0.3 is 0 Å². The topological polar surface area (TPSA) is 89.9 Å². The summed E-state index contributed by atoms with van der Waals surface area (Å²) >= 11 is 1.67. The maximum Gasteiger partial charge on any atom is 0.178 e. The van der Waals surface area contributed by atoms with Crippen LogP contribution in [0.15, 0.2) is 30.6 Å². The van der Waals surface area contributed by atoms with Crippen LogP contribution in [0.4, 0.5) is 0 Å². The van der Waals surface area contributed by atoms with Gasteiger partial charge in [-0.15, -0.1) is 36.8 Å². The quantitative estimate of drug-likeness (QED) is 0.533. The summed E-state index contributed by atoms with van der Waals surface area (Å²) in [6, 6.07) is 5.73. The standard InChI is InChI=1S/C17H19N9S/c1-12-19-21-16(27-12)11-24-9-5-13(6-10-24)17-22-20-14-3-4-15(23-26(14)17)25-8-2-7-18-25/h2-4,7-8,13H,5-6,9-11H2,1H3. The second-order valence-corrected chi connectivity index (χ2v) is 8.00. The lowest BCUT2D eigenvalue weighted by molar-refractivity contribution is 0.200. The van der Waals surface area contributed by atoms with E-state index in [1.54, 1.807) is 22.2 Å². The first-order valence-corrected chi connectivity index (χ1v) is 9.81. The molecule has 4 aromatic rings. The van der Waals surface area contributed by atoms with E-state index < -0.39 is 0 Å². The Kier molecular flexibility index (Phi) is 4.13. The van der Waals surface area contributed by atoms with E-state index in [0.29, 0.717) is 5.92 Å². The Morgan fingerprint density at radius 3 is 2.74 bits per heavy atom. The van der Waals surface area contributed by atoms with Gasteiger partial charge in [-0.3, -0.25) is 4.90 Å². The molecule has 1 aliphatic rings. The fraction of sp³-hybridized carbons (Fsp3) is 0.412. The lowest BCUT2D eigenvalue weighted by atomic mass is 9.96. The highest BCUT2D eigenvalue weighted by atomic mass is 32.1. The largest absolute Gasteiger partial charge is 0.297 e. The van der Waals surface area contributed by atoms with Crippen molar-refractivity contribution in [1.29, 1.82) is 0 Å². The van der Waals surface area contributed by atoms with Crippen LogP contribution < -0.4 is 0 Å². The highest BCUT2D eigenvalue weighted by Crippen LogP contribution is 2.28. The van der Waals surface area contributed by atoms with Crippen LogP contribution in [-0.4, -0.2) is 57.8 Å². The van der Waals surface area contributed by atoms with Crippen molar-refractivity contribution in [2.75, 3.05) is 13.1 Å². The fourth-order valence-electron chi connectivity index (χ4n) is 3.52. The highest BCUT2D eigenvalue weighted by Gasteiger charge is 2.25. The molecule has 138 valence electrons. The third kappa shape index (κ3) is 3.21. The first kappa shape index (κ1) is 16.5. The van der Waals surface area contributed by atoms with Gasteiger partial charge in [-0.05, 0) is 51.1 Å². The van der Waals surface area contributed by atoms with Gasteiger partial charge in [-0.1, -0.05) is 0 Å². The van der Waals surface area contributed by atoms with Gasteiger partial charge in [0.2, 0.25) is 0 Å². The van der Waals surface area contributed by atoms with Crippen molar-refractivity contribution < 1.29 is 0 Å². The number of aryl methyl sites for hydroxylation is 1. The van der Waals surface area contributed by atoms with Crippen molar-refractivity contribution in [3.63, 3.8) is 0 Å². The summed E-state index contributed by atoms with van der Waals surface area (Å²) in [5, 5.41) is 28.1. The lowest BCUT2D eigenvalue weighted by Crippen LogP contribution is -2.33. The van der Waals surface area contributed by atoms with Crippen LogP contribution in [-0.2, 0) is 6.54 Å². The van der Waals surface area contributed by atoms with Gasteiger partial charge in [0, 0.05) is 18.3 Å². The van der Waals surface area contributed by atoms with Crippen molar-refractivity contribution in [1.82, 2.24) is 44.7 Å². The van der Waals surface area contributed by atoms with Crippen LogP contribution in [0.1, 0.15) is 34.6 Å². The van der Waals surface area contributed by atoms with Crippen molar-refractivity contribution >= 4 is 17.0 Å². The zero-order chi connectivity index (χ0) is 18.2. The molecule has 1 saturated heterocycles. The average Bonchev–Trinajstić information content (AvgIpc) is 3.43. The van der Waals surface area contributed by atoms with Gasteiger partial charge in [-0.2, -0.15) is 9.61 Å². The molecule has 0 spiro atoms. The number of piperidine rings is 1. The predicted octanol–water partition coefficient (Wildman–Crippen LogP) is 1.85. The minimum atomic E-state index is 0.354. The third-order valence-electron chi connectivity index (χ3n) is 4.89. The van der Waals surface area contributed by atoms with Gasteiger partial charge in [0.05, 0.1) is 6.54 Å². The van der Waals surface area contributed by atoms with Gasteiger partial charge in [0.1, 0.15) is 10.0 Å². The number of hydrogen-bond donors (Lipinski definition) is 0. The van der Waals surface area contributed by atoms with E-state index in [0.717, 1.165) is 59.8 Å². The summed E-state index contributed by atoms with van der Waals surface area (Å²) in [6.45, 7) is 4.89. The molecule has 0 radical (unpaired) electrons. The van der Waals surface area contributed by atoms with Crippen molar-refractivity contribution in [2.24, 2.45) is 0 Å². The summed E-state index contributed by atoms with van der Waals surface area (Å²) in [7, 11) is 0. The molecule has 9 nitrogen and oxygen atoms in total. The zero-order valence-corrected chi connectivity index (χ0v) is 15.7. The zero-order valence-electron chi connectivity index (χ0n) is 14.9. The molecule has 0 aliphatic carbocycles. The maximum absolute atomic E-state index is 4.70. The van der Waals surface area contributed by atoms with Gasteiger partial charge in [-0.25, -0.2) is 4.68 Å². The molecule has 1 fully saturated rings. The summed E-state index contributed by atoms with van der Waals surface area (Å²) < 4.78 is 3.61. The van der Waals surface area contributed by atoms with Crippen LogP contribution in [0.2, 0.25) is 0 Å². The number of aromatic nitrogens is 8. The summed E-state index contributed by atoms with van der Waals surface area (Å²) in [6.07, 6.45) is 5.69. The highest BCUT2D eigenvalue weighted by molar-refractivity contribution is 7.11. The van der Waals surface area contributed by atoms with Crippen LogP contribution in [0.3, 0.4) is 0 Å². The second-order valence-electron chi connectivity index (χ2n) is 6.74. The Hall–Kier alpha value is -2.72. The van der Waals surface area contributed by atoms with Crippen LogP contribution in [0.5, 0.6) is 0 Å². The van der Waals surface area contributed by atoms with Crippen LogP contribution in [0, 0.1) is 6.92 Å². The van der Waals surface area contributed by atoms with E-state index >= 15 is 0 Å². The third-order valence-corrected chi connectivity index (χ3v) is 5.71. The van der Waals surface area contributed by atoms with E-state index in [1.807, 2.05) is 35.8 Å². The van der Waals surface area contributed by atoms with E-state index in [9.17, 15) is 0 Å². The normalized spacial score (nSPS) is 16.3. The second kappa shape index (κ2) is 6.78. The Labute approximate surface area is 159 Å². The molecular weight excluding hydrogens is 362 g/mol. The number of rotatable bonds is 4. The molecule has 5 rings (SSSR count). The predicted molar refractivity (Wildman–Crippen MR) is 99.8 cm³/mol. The summed E-state index contributed by atoms with van der Waals surface area (Å²) in [4.78, 5) is 2.43. The van der Waals surface area contributed by atoms with Crippen molar-refractivity contribution in [3.05, 3.63) is 46.4 Å². The van der Waals surface area contributed by atoms with Crippen LogP contribution >= 0.6 is 11.3 Å². The Bertz CT molecular complexity index is 1040. The van der Waals surface area contributed by atoms with E-state index in [-0.39, 0.29) is 0 Å². The molecule has 0 saturated carbocycles. The molecule has 10 heteroatoms. The number of fused-ring (bicyclic) bond motifs is 1. The maximum atomic E-state index is 4.70. The number of nitrogens with zero attached hydrogens (tertiary/aromatic N) is 9. The minimum Gasteiger partial charge on any atom is -0.297 e. The fourth-order valence-corrected chi connectivity index (χ4v) is 4.27. The molecule has 0 bridgehead atoms. The van der Waals surface area contributed by atoms with Crippen molar-refractivity contribution in [3.8, 4) is 5.82 Å². The smallest absolute Gasteiger partial charge is 0.178 e. The molecule has 27 heavy (non-hydrogen) atoms. The Morgan fingerprint density at radius 1 is 1.11 bits per heavy atom. The first-order chi connectivity index (χ1) is 13.3. The average molecular weight is 381 g/mol. The first-order valence-electron chi connectivity index (χ1n) is 9.00. The van der Waals surface area contributed by atoms with Gasteiger partial charge < -0.3 is 0 Å². The van der Waals surface area contributed by atoms with E-state index in [4.69, 9.17) is 5.10 Å². The lowest BCUT2D eigenvalue weighted by Gasteiger charge is -2.30. The van der Waals surface area contributed by atoms with E-state index in [1.165, 1.54) is 0 Å². The molecule has 0 atom stereocenters. The monoisotopic (exact) mass is 381 g/mol. The molecule has 0 unspecified atom stereocenters. The van der Waals surface area contributed by atoms with Crippen molar-refractivity contribution in [2.45, 2.75) is 32.2 Å². The Balaban J connectivity index is 1.33.